The fourth-order valence-corrected chi connectivity index (χ4v) is 1.20. The van der Waals surface area contributed by atoms with E-state index in [4.69, 9.17) is 4.74 Å². The minimum absolute atomic E-state index is 0.0709. The summed E-state index contributed by atoms with van der Waals surface area (Å²) in [6, 6.07) is 4.29. The van der Waals surface area contributed by atoms with Gasteiger partial charge in [-0.15, -0.1) is 0 Å². The van der Waals surface area contributed by atoms with Crippen LogP contribution >= 0.6 is 0 Å². The lowest BCUT2D eigenvalue weighted by Gasteiger charge is -2.12. The van der Waals surface area contributed by atoms with Gasteiger partial charge in [-0.2, -0.15) is 0 Å². The Hall–Kier alpha value is -1.13. The number of hydrogen-bond donors (Lipinski definition) is 2. The highest BCUT2D eigenvalue weighted by Gasteiger charge is 2.09. The first-order valence-corrected chi connectivity index (χ1v) is 5.33. The summed E-state index contributed by atoms with van der Waals surface area (Å²) in [7, 11) is 0. The van der Waals surface area contributed by atoms with E-state index >= 15 is 0 Å². The Morgan fingerprint density at radius 3 is 2.56 bits per heavy atom. The number of benzene rings is 1. The number of aliphatic hydroxyl groups excluding tert-OH is 2. The van der Waals surface area contributed by atoms with Crippen LogP contribution in [0.3, 0.4) is 0 Å². The van der Waals surface area contributed by atoms with Crippen molar-refractivity contribution >= 4 is 0 Å². The second kappa shape index (κ2) is 5.82. The van der Waals surface area contributed by atoms with Gasteiger partial charge in [0.1, 0.15) is 6.61 Å². The van der Waals surface area contributed by atoms with E-state index in [1.54, 1.807) is 13.0 Å². The molecule has 90 valence electrons. The van der Waals surface area contributed by atoms with Crippen molar-refractivity contribution in [2.75, 3.05) is 6.61 Å². The van der Waals surface area contributed by atoms with E-state index in [1.807, 2.05) is 6.92 Å². The van der Waals surface area contributed by atoms with Gasteiger partial charge in [0.15, 0.2) is 11.6 Å². The summed E-state index contributed by atoms with van der Waals surface area (Å²) in [5.41, 5.74) is 0.501. The lowest BCUT2D eigenvalue weighted by Crippen LogP contribution is -2.16. The maximum atomic E-state index is 13.4. The van der Waals surface area contributed by atoms with Crippen LogP contribution in [-0.4, -0.2) is 22.9 Å². The molecule has 0 spiro atoms. The maximum absolute atomic E-state index is 13.4. The van der Waals surface area contributed by atoms with Gasteiger partial charge in [-0.1, -0.05) is 13.0 Å². The first kappa shape index (κ1) is 12.9. The van der Waals surface area contributed by atoms with Crippen molar-refractivity contribution in [1.82, 2.24) is 0 Å². The minimum atomic E-state index is -0.704. The first-order chi connectivity index (χ1) is 7.54. The molecule has 2 N–H and O–H groups in total. The maximum Gasteiger partial charge on any atom is 0.165 e. The van der Waals surface area contributed by atoms with Crippen LogP contribution in [0.15, 0.2) is 18.2 Å². The molecule has 2 unspecified atom stereocenters. The van der Waals surface area contributed by atoms with Crippen molar-refractivity contribution in [3.05, 3.63) is 29.6 Å². The Balaban J connectivity index is 2.68. The average Bonchev–Trinajstić information content (AvgIpc) is 2.26. The molecule has 1 aromatic carbocycles. The third kappa shape index (κ3) is 3.47. The summed E-state index contributed by atoms with van der Waals surface area (Å²) < 4.78 is 18.6. The molecule has 0 amide bonds. The van der Waals surface area contributed by atoms with Gasteiger partial charge in [-0.05, 0) is 31.0 Å². The molecule has 4 heteroatoms. The second-order valence-electron chi connectivity index (χ2n) is 3.74. The Morgan fingerprint density at radius 2 is 2.06 bits per heavy atom. The van der Waals surface area contributed by atoms with Gasteiger partial charge in [0.05, 0.1) is 12.2 Å². The summed E-state index contributed by atoms with van der Waals surface area (Å²) in [6.07, 6.45) is -0.728. The number of hydrogen-bond acceptors (Lipinski definition) is 3. The zero-order valence-electron chi connectivity index (χ0n) is 9.48. The molecule has 16 heavy (non-hydrogen) atoms. The Kier molecular flexibility index (Phi) is 4.71. The molecule has 0 aliphatic carbocycles. The molecule has 0 heterocycles. The molecule has 0 fully saturated rings. The number of ether oxygens (including phenoxy) is 1. The topological polar surface area (TPSA) is 49.7 Å². The summed E-state index contributed by atoms with van der Waals surface area (Å²) in [6.45, 7) is 3.46. The van der Waals surface area contributed by atoms with Crippen LogP contribution in [-0.2, 0) is 0 Å². The second-order valence-corrected chi connectivity index (χ2v) is 3.74. The van der Waals surface area contributed by atoms with Crippen molar-refractivity contribution in [1.29, 1.82) is 0 Å². The van der Waals surface area contributed by atoms with E-state index in [9.17, 15) is 14.6 Å². The van der Waals surface area contributed by atoms with Crippen molar-refractivity contribution in [2.45, 2.75) is 32.5 Å². The fourth-order valence-electron chi connectivity index (χ4n) is 1.20. The monoisotopic (exact) mass is 228 g/mol. The fraction of sp³-hybridized carbons (Fsp3) is 0.500. The highest BCUT2D eigenvalue weighted by Crippen LogP contribution is 2.22. The van der Waals surface area contributed by atoms with Gasteiger partial charge < -0.3 is 14.9 Å². The Bertz CT molecular complexity index is 339. The van der Waals surface area contributed by atoms with E-state index in [2.05, 4.69) is 0 Å². The summed E-state index contributed by atoms with van der Waals surface area (Å²) in [5, 5.41) is 18.5. The lowest BCUT2D eigenvalue weighted by molar-refractivity contribution is 0.102. The van der Waals surface area contributed by atoms with Crippen molar-refractivity contribution in [3.63, 3.8) is 0 Å². The molecule has 3 nitrogen and oxygen atoms in total. The van der Waals surface area contributed by atoms with E-state index < -0.39 is 18.0 Å². The molecule has 1 rings (SSSR count). The zero-order valence-corrected chi connectivity index (χ0v) is 9.48. The molecule has 0 saturated carbocycles. The normalized spacial score (nSPS) is 14.6. The highest BCUT2D eigenvalue weighted by molar-refractivity contribution is 5.30. The van der Waals surface area contributed by atoms with Crippen LogP contribution in [0, 0.1) is 5.82 Å². The van der Waals surface area contributed by atoms with Crippen molar-refractivity contribution < 1.29 is 19.3 Å². The summed E-state index contributed by atoms with van der Waals surface area (Å²) >= 11 is 0. The number of aliphatic hydroxyl groups is 2. The molecule has 0 aromatic heterocycles. The molecule has 0 saturated heterocycles. The largest absolute Gasteiger partial charge is 0.488 e. The van der Waals surface area contributed by atoms with Gasteiger partial charge in [-0.3, -0.25) is 0 Å². The third-order valence-corrected chi connectivity index (χ3v) is 2.34. The van der Waals surface area contributed by atoms with Gasteiger partial charge >= 0.3 is 0 Å². The quantitative estimate of drug-likeness (QED) is 0.810. The molecule has 1 aromatic rings. The van der Waals surface area contributed by atoms with Crippen LogP contribution < -0.4 is 4.74 Å². The predicted octanol–water partition coefficient (Wildman–Crippen LogP) is 2.03. The van der Waals surface area contributed by atoms with E-state index in [0.29, 0.717) is 12.0 Å². The van der Waals surface area contributed by atoms with Gasteiger partial charge in [0.2, 0.25) is 0 Å². The smallest absolute Gasteiger partial charge is 0.165 e. The third-order valence-electron chi connectivity index (χ3n) is 2.34. The van der Waals surface area contributed by atoms with E-state index in [1.165, 1.54) is 12.1 Å². The predicted molar refractivity (Wildman–Crippen MR) is 58.8 cm³/mol. The van der Waals surface area contributed by atoms with Gasteiger partial charge in [-0.25, -0.2) is 4.39 Å². The molecule has 0 aliphatic heterocycles. The SMILES string of the molecule is CCC(O)COc1ccc(C(C)O)cc1F. The Morgan fingerprint density at radius 1 is 1.38 bits per heavy atom. The molecule has 0 aliphatic rings. The molecular weight excluding hydrogens is 211 g/mol. The summed E-state index contributed by atoms with van der Waals surface area (Å²) in [4.78, 5) is 0. The van der Waals surface area contributed by atoms with Gasteiger partial charge in [0.25, 0.3) is 0 Å². The van der Waals surface area contributed by atoms with Crippen LogP contribution in [0.1, 0.15) is 31.9 Å². The number of rotatable bonds is 5. The Labute approximate surface area is 94.5 Å². The zero-order chi connectivity index (χ0) is 12.1. The van der Waals surface area contributed by atoms with Crippen LogP contribution in [0.2, 0.25) is 0 Å². The van der Waals surface area contributed by atoms with Crippen molar-refractivity contribution in [3.8, 4) is 5.75 Å². The minimum Gasteiger partial charge on any atom is -0.488 e. The van der Waals surface area contributed by atoms with Crippen LogP contribution in [0.25, 0.3) is 0 Å². The van der Waals surface area contributed by atoms with E-state index in [0.717, 1.165) is 0 Å². The molecule has 0 radical (unpaired) electrons. The van der Waals surface area contributed by atoms with Gasteiger partial charge in [0, 0.05) is 0 Å². The van der Waals surface area contributed by atoms with E-state index in [-0.39, 0.29) is 12.4 Å². The average molecular weight is 228 g/mol. The number of halogens is 1. The lowest BCUT2D eigenvalue weighted by atomic mass is 10.1. The summed E-state index contributed by atoms with van der Waals surface area (Å²) in [5.74, 6) is -0.432. The molecule has 0 bridgehead atoms. The molecule has 2 atom stereocenters. The highest BCUT2D eigenvalue weighted by atomic mass is 19.1. The molecular formula is C12H17FO3. The van der Waals surface area contributed by atoms with Crippen molar-refractivity contribution in [2.24, 2.45) is 0 Å². The van der Waals surface area contributed by atoms with Crippen LogP contribution in [0.5, 0.6) is 5.75 Å². The standard InChI is InChI=1S/C12H17FO3/c1-3-10(15)7-16-12-5-4-9(8(2)14)6-11(12)13/h4-6,8,10,14-15H,3,7H2,1-2H3. The van der Waals surface area contributed by atoms with Crippen LogP contribution in [0.4, 0.5) is 4.39 Å². The first-order valence-electron chi connectivity index (χ1n) is 5.33.